The summed E-state index contributed by atoms with van der Waals surface area (Å²) in [6.07, 6.45) is 2.93. The molecular weight excluding hydrogens is 754 g/mol. The van der Waals surface area contributed by atoms with Gasteiger partial charge in [-0.1, -0.05) is 78.8 Å². The van der Waals surface area contributed by atoms with Crippen molar-refractivity contribution in [3.8, 4) is 11.5 Å². The molecule has 4 aromatic carbocycles. The van der Waals surface area contributed by atoms with Crippen LogP contribution < -0.4 is 5.73 Å². The zero-order valence-corrected chi connectivity index (χ0v) is 33.8. The monoisotopic (exact) mass is 797 g/mol. The molecule has 4 N–H and O–H groups in total. The Bertz CT molecular complexity index is 1390. The Balaban J connectivity index is -0.000000177. The SMILES string of the molecule is CC.CC.CC.CC.Nc1[c-]cccc1.O=Cc1cc([N+](=O)[O-])ccc1O.O=[N+]([O-])c1ccc(O)c([C-]=Nc2[c-]cccc2)c1.[Y].[Y]. The van der Waals surface area contributed by atoms with Crippen molar-refractivity contribution in [2.45, 2.75) is 55.4 Å². The summed E-state index contributed by atoms with van der Waals surface area (Å²) < 4.78 is 0. The van der Waals surface area contributed by atoms with Gasteiger partial charge < -0.3 is 20.9 Å². The quantitative estimate of drug-likeness (QED) is 0.0446. The Morgan fingerprint density at radius 3 is 1.57 bits per heavy atom. The number of anilines is 1. The standard InChI is InChI=1S/C13H8N2O3.C7H5NO4.C6H6N.4C2H6.2Y/c16-13-7-6-12(15(17)18)8-10(13)9-14-11-4-2-1-3-5-11;9-4-5-3-6(8(11)12)1-2-7(5)10;7-6-4-2-1-3-5-6;4*1-2;;/h1-4,6-8,16H;1-4,10H;1-4H,7H2;4*1-2H3;;/q-2;;-1;;;;;;. The van der Waals surface area contributed by atoms with Crippen LogP contribution in [-0.4, -0.2) is 32.6 Å². The van der Waals surface area contributed by atoms with E-state index in [-0.39, 0.29) is 99.4 Å². The zero-order valence-electron chi connectivity index (χ0n) is 28.2. The number of non-ortho nitro benzene ring substituents is 2. The number of carbonyl (C=O) groups excluding carboxylic acids is 1. The predicted octanol–water partition coefficient (Wildman–Crippen LogP) is 9.01. The average Bonchev–Trinajstić information content (AvgIpc) is 3.09. The van der Waals surface area contributed by atoms with E-state index in [2.05, 4.69) is 23.3 Å². The normalized spacial score (nSPS) is 8.26. The van der Waals surface area contributed by atoms with Crippen molar-refractivity contribution >= 4 is 35.3 Å². The molecule has 0 bridgehead atoms. The van der Waals surface area contributed by atoms with Gasteiger partial charge in [0.1, 0.15) is 5.75 Å². The number of hydrogen-bond donors (Lipinski definition) is 3. The molecule has 4 rings (SSSR count). The molecule has 0 heterocycles. The summed E-state index contributed by atoms with van der Waals surface area (Å²) in [5.41, 5.74) is 6.28. The molecular formula is C34H43N4O7Y2-3. The number of aldehydes is 1. The molecule has 13 heteroatoms. The maximum atomic E-state index is 10.6. The molecule has 0 amide bonds. The predicted molar refractivity (Wildman–Crippen MR) is 181 cm³/mol. The first-order valence-corrected chi connectivity index (χ1v) is 14.3. The molecule has 0 aliphatic rings. The first-order valence-electron chi connectivity index (χ1n) is 14.3. The fourth-order valence-corrected chi connectivity index (χ4v) is 2.46. The van der Waals surface area contributed by atoms with Crippen LogP contribution in [0.5, 0.6) is 11.5 Å². The van der Waals surface area contributed by atoms with Gasteiger partial charge in [-0.15, -0.1) is 11.8 Å². The van der Waals surface area contributed by atoms with Crippen molar-refractivity contribution in [2.75, 3.05) is 5.73 Å². The molecule has 0 unspecified atom stereocenters. The molecule has 0 aromatic heterocycles. The summed E-state index contributed by atoms with van der Waals surface area (Å²) in [6.45, 7) is 16.0. The van der Waals surface area contributed by atoms with E-state index in [1.165, 1.54) is 18.2 Å². The second-order valence-electron chi connectivity index (χ2n) is 6.87. The number of para-hydroxylation sites is 2. The van der Waals surface area contributed by atoms with E-state index in [0.29, 0.717) is 17.7 Å². The van der Waals surface area contributed by atoms with Crippen molar-refractivity contribution in [1.29, 1.82) is 0 Å². The van der Waals surface area contributed by atoms with E-state index in [0.717, 1.165) is 18.2 Å². The van der Waals surface area contributed by atoms with Crippen LogP contribution in [0.1, 0.15) is 71.3 Å². The van der Waals surface area contributed by atoms with E-state index in [1.54, 1.807) is 36.4 Å². The molecule has 2 radical (unpaired) electrons. The molecule has 11 nitrogen and oxygen atoms in total. The summed E-state index contributed by atoms with van der Waals surface area (Å²) >= 11 is 0. The van der Waals surface area contributed by atoms with Crippen LogP contribution >= 0.6 is 0 Å². The van der Waals surface area contributed by atoms with Gasteiger partial charge in [0.25, 0.3) is 5.69 Å². The van der Waals surface area contributed by atoms with Crippen molar-refractivity contribution in [2.24, 2.45) is 4.99 Å². The fraction of sp³-hybridized carbons (Fsp3) is 0.235. The third kappa shape index (κ3) is 24.5. The molecule has 0 spiro atoms. The second kappa shape index (κ2) is 35.5. The largest absolute Gasteiger partial charge is 0.551 e. The molecule has 250 valence electrons. The minimum absolute atomic E-state index is 0. The molecule has 4 aromatic rings. The van der Waals surface area contributed by atoms with E-state index < -0.39 is 9.85 Å². The van der Waals surface area contributed by atoms with Crippen LogP contribution in [0.15, 0.2) is 89.9 Å². The molecule has 0 aliphatic carbocycles. The maximum Gasteiger partial charge on any atom is 0.270 e. The van der Waals surface area contributed by atoms with Crippen LogP contribution in [0.4, 0.5) is 22.7 Å². The number of phenols is 2. The minimum Gasteiger partial charge on any atom is -0.551 e. The van der Waals surface area contributed by atoms with Crippen molar-refractivity contribution in [1.82, 2.24) is 0 Å². The number of phenolic OH excluding ortho intramolecular Hbond substituents is 2. The van der Waals surface area contributed by atoms with Crippen LogP contribution in [0.3, 0.4) is 0 Å². The Morgan fingerprint density at radius 1 is 0.723 bits per heavy atom. The van der Waals surface area contributed by atoms with E-state index in [1.807, 2.05) is 67.5 Å². The second-order valence-corrected chi connectivity index (χ2v) is 6.87. The molecule has 0 saturated heterocycles. The van der Waals surface area contributed by atoms with Gasteiger partial charge in [-0.2, -0.15) is 48.5 Å². The van der Waals surface area contributed by atoms with Gasteiger partial charge in [-0.05, 0) is 12.3 Å². The number of nitrogen functional groups attached to an aromatic ring is 1. The number of nitrogens with two attached hydrogens (primary N) is 1. The van der Waals surface area contributed by atoms with Gasteiger partial charge in [0.15, 0.2) is 6.29 Å². The van der Waals surface area contributed by atoms with Crippen LogP contribution in [0.25, 0.3) is 0 Å². The summed E-state index contributed by atoms with van der Waals surface area (Å²) in [4.78, 5) is 33.8. The van der Waals surface area contributed by atoms with Gasteiger partial charge in [0.2, 0.25) is 5.69 Å². The number of nitro benzene ring substituents is 2. The maximum absolute atomic E-state index is 10.6. The Labute approximate surface area is 328 Å². The molecule has 0 fully saturated rings. The van der Waals surface area contributed by atoms with E-state index in [4.69, 9.17) is 10.8 Å². The number of nitrogens with zero attached hydrogens (tertiary/aromatic N) is 3. The molecule has 0 saturated carbocycles. The van der Waals surface area contributed by atoms with Gasteiger partial charge >= 0.3 is 0 Å². The third-order valence-electron chi connectivity index (χ3n) is 4.26. The zero-order chi connectivity index (χ0) is 35.2. The first-order chi connectivity index (χ1) is 21.7. The number of hydrogen-bond acceptors (Lipinski definition) is 9. The fourth-order valence-electron chi connectivity index (χ4n) is 2.46. The van der Waals surface area contributed by atoms with E-state index in [9.17, 15) is 30.1 Å². The first kappa shape index (κ1) is 53.1. The smallest absolute Gasteiger partial charge is 0.270 e. The summed E-state index contributed by atoms with van der Waals surface area (Å²) in [5.74, 6) is -0.365. The molecule has 0 aliphatic heterocycles. The van der Waals surface area contributed by atoms with Crippen LogP contribution in [0.2, 0.25) is 0 Å². The number of aromatic hydroxyl groups is 2. The number of aliphatic imine (C=N–C) groups is 1. The minimum atomic E-state index is -0.633. The van der Waals surface area contributed by atoms with Gasteiger partial charge in [-0.25, -0.2) is 6.07 Å². The third-order valence-corrected chi connectivity index (χ3v) is 4.26. The van der Waals surface area contributed by atoms with Crippen LogP contribution in [0, 0.1) is 32.4 Å². The molecule has 47 heavy (non-hydrogen) atoms. The van der Waals surface area contributed by atoms with Crippen molar-refractivity contribution in [3.63, 3.8) is 0 Å². The number of carbonyl (C=O) groups is 1. The van der Waals surface area contributed by atoms with Gasteiger partial charge in [0.05, 0.1) is 15.4 Å². The van der Waals surface area contributed by atoms with Crippen molar-refractivity contribution < 1.29 is 90.3 Å². The van der Waals surface area contributed by atoms with Crippen molar-refractivity contribution in [3.05, 3.63) is 128 Å². The number of nitro groups is 2. The Morgan fingerprint density at radius 2 is 1.19 bits per heavy atom. The Kier molecular flexibility index (Phi) is 40.1. The summed E-state index contributed by atoms with van der Waals surface area (Å²) in [7, 11) is 0. The van der Waals surface area contributed by atoms with Crippen LogP contribution in [-0.2, 0) is 65.4 Å². The summed E-state index contributed by atoms with van der Waals surface area (Å²) in [6, 6.07) is 26.9. The number of benzene rings is 4. The number of rotatable bonds is 5. The summed E-state index contributed by atoms with van der Waals surface area (Å²) in [5, 5.41) is 39.3. The van der Waals surface area contributed by atoms with E-state index >= 15 is 0 Å². The van der Waals surface area contributed by atoms with Gasteiger partial charge in [0, 0.05) is 89.4 Å². The Hall–Kier alpha value is -3.37. The van der Waals surface area contributed by atoms with Gasteiger partial charge in [-0.3, -0.25) is 25.0 Å². The topological polar surface area (TPSA) is 182 Å². The molecule has 0 atom stereocenters. The average molecular weight is 798 g/mol.